The molecule has 0 aromatic carbocycles. The van der Waals surface area contributed by atoms with Gasteiger partial charge in [-0.3, -0.25) is 0 Å². The maximum Gasteiger partial charge on any atom is 0.111 e. The van der Waals surface area contributed by atoms with Gasteiger partial charge in [-0.15, -0.1) is 0 Å². The van der Waals surface area contributed by atoms with E-state index in [4.69, 9.17) is 4.74 Å². The third-order valence-electron chi connectivity index (χ3n) is 3.06. The Bertz CT molecular complexity index is 329. The number of rotatable bonds is 5. The second-order valence-electron chi connectivity index (χ2n) is 5.23. The number of ether oxygens (including phenoxy) is 1. The van der Waals surface area contributed by atoms with E-state index in [1.165, 1.54) is 12.1 Å². The summed E-state index contributed by atoms with van der Waals surface area (Å²) >= 11 is 0. The Hall–Kier alpha value is -0.870. The zero-order chi connectivity index (χ0) is 12.1. The smallest absolute Gasteiger partial charge is 0.111 e. The van der Waals surface area contributed by atoms with Crippen LogP contribution < -0.4 is 5.32 Å². The van der Waals surface area contributed by atoms with Gasteiger partial charge in [-0.05, 0) is 25.3 Å². The molecule has 0 amide bonds. The van der Waals surface area contributed by atoms with Gasteiger partial charge in [-0.2, -0.15) is 0 Å². The Morgan fingerprint density at radius 3 is 3.18 bits per heavy atom. The predicted molar refractivity (Wildman–Crippen MR) is 67.9 cm³/mol. The van der Waals surface area contributed by atoms with Crippen LogP contribution in [-0.2, 0) is 11.3 Å². The minimum Gasteiger partial charge on any atom is -0.381 e. The minimum absolute atomic E-state index is 0.461. The Balaban J connectivity index is 1.82. The molecule has 0 radical (unpaired) electrons. The molecular formula is C13H23N3O. The van der Waals surface area contributed by atoms with Crippen molar-refractivity contribution in [3.63, 3.8) is 0 Å². The highest BCUT2D eigenvalue weighted by Gasteiger charge is 2.18. The lowest BCUT2D eigenvalue weighted by molar-refractivity contribution is 0.0782. The van der Waals surface area contributed by atoms with Gasteiger partial charge in [0.25, 0.3) is 0 Å². The monoisotopic (exact) mass is 237 g/mol. The lowest BCUT2D eigenvalue weighted by atomic mass is 10.0. The molecule has 1 aliphatic rings. The molecule has 2 rings (SSSR count). The Morgan fingerprint density at radius 2 is 2.47 bits per heavy atom. The summed E-state index contributed by atoms with van der Waals surface area (Å²) in [5.41, 5.74) is 1.17. The maximum atomic E-state index is 5.48. The fourth-order valence-electron chi connectivity index (χ4n) is 2.13. The molecule has 2 N–H and O–H groups in total. The molecule has 0 saturated carbocycles. The van der Waals surface area contributed by atoms with Crippen molar-refractivity contribution in [3.05, 3.63) is 17.7 Å². The van der Waals surface area contributed by atoms with Crippen LogP contribution in [0.4, 0.5) is 0 Å². The van der Waals surface area contributed by atoms with E-state index in [2.05, 4.69) is 29.1 Å². The van der Waals surface area contributed by atoms with Crippen molar-refractivity contribution in [1.82, 2.24) is 15.3 Å². The van der Waals surface area contributed by atoms with Crippen LogP contribution in [0.2, 0.25) is 0 Å². The zero-order valence-corrected chi connectivity index (χ0v) is 10.8. The number of hydrogen-bond donors (Lipinski definition) is 2. The predicted octanol–water partition coefficient (Wildman–Crippen LogP) is 2.05. The summed E-state index contributed by atoms with van der Waals surface area (Å²) < 4.78 is 5.48. The average molecular weight is 237 g/mol. The van der Waals surface area contributed by atoms with Crippen LogP contribution >= 0.6 is 0 Å². The van der Waals surface area contributed by atoms with Gasteiger partial charge in [0.05, 0.1) is 6.61 Å². The first-order valence-corrected chi connectivity index (χ1v) is 6.58. The van der Waals surface area contributed by atoms with E-state index in [-0.39, 0.29) is 0 Å². The highest BCUT2D eigenvalue weighted by Crippen LogP contribution is 2.22. The number of aromatic amines is 1. The van der Waals surface area contributed by atoms with Crippen LogP contribution in [0.1, 0.15) is 44.1 Å². The van der Waals surface area contributed by atoms with Gasteiger partial charge in [0.1, 0.15) is 5.82 Å². The first-order valence-electron chi connectivity index (χ1n) is 6.58. The van der Waals surface area contributed by atoms with Crippen molar-refractivity contribution in [2.75, 3.05) is 19.8 Å². The van der Waals surface area contributed by atoms with E-state index in [0.29, 0.717) is 11.8 Å². The first kappa shape index (κ1) is 12.6. The Morgan fingerprint density at radius 1 is 1.59 bits per heavy atom. The molecule has 0 aliphatic carbocycles. The molecule has 1 saturated heterocycles. The summed E-state index contributed by atoms with van der Waals surface area (Å²) in [6, 6.07) is 0. The topological polar surface area (TPSA) is 49.9 Å². The SMILES string of the molecule is CC(C)CNCc1cnc(C2CCCOC2)[nH]1. The highest BCUT2D eigenvalue weighted by molar-refractivity contribution is 5.06. The summed E-state index contributed by atoms with van der Waals surface area (Å²) in [4.78, 5) is 7.87. The van der Waals surface area contributed by atoms with E-state index >= 15 is 0 Å². The fourth-order valence-corrected chi connectivity index (χ4v) is 2.13. The van der Waals surface area contributed by atoms with Gasteiger partial charge in [-0.25, -0.2) is 4.98 Å². The average Bonchev–Trinajstić information content (AvgIpc) is 2.78. The zero-order valence-electron chi connectivity index (χ0n) is 10.8. The van der Waals surface area contributed by atoms with Gasteiger partial charge < -0.3 is 15.0 Å². The second kappa shape index (κ2) is 6.17. The molecule has 1 aromatic rings. The van der Waals surface area contributed by atoms with Crippen molar-refractivity contribution >= 4 is 0 Å². The molecule has 0 bridgehead atoms. The third kappa shape index (κ3) is 3.82. The molecule has 1 unspecified atom stereocenters. The maximum absolute atomic E-state index is 5.48. The van der Waals surface area contributed by atoms with Crippen LogP contribution in [-0.4, -0.2) is 29.7 Å². The number of imidazole rings is 1. The molecule has 1 atom stereocenters. The van der Waals surface area contributed by atoms with Gasteiger partial charge in [0.2, 0.25) is 0 Å². The molecule has 2 heterocycles. The quantitative estimate of drug-likeness (QED) is 0.824. The lowest BCUT2D eigenvalue weighted by Gasteiger charge is -2.19. The summed E-state index contributed by atoms with van der Waals surface area (Å²) in [6.45, 7) is 8.06. The number of H-pyrrole nitrogens is 1. The van der Waals surface area contributed by atoms with Crippen LogP contribution in [0.15, 0.2) is 6.20 Å². The van der Waals surface area contributed by atoms with Crippen molar-refractivity contribution < 1.29 is 4.74 Å². The lowest BCUT2D eigenvalue weighted by Crippen LogP contribution is -2.19. The summed E-state index contributed by atoms with van der Waals surface area (Å²) in [5.74, 6) is 2.23. The number of nitrogens with one attached hydrogen (secondary N) is 2. The standard InChI is InChI=1S/C13H23N3O/c1-10(2)6-14-7-12-8-15-13(16-12)11-4-3-5-17-9-11/h8,10-11,14H,3-7,9H2,1-2H3,(H,15,16). The molecular weight excluding hydrogens is 214 g/mol. The van der Waals surface area contributed by atoms with Crippen LogP contribution in [0, 0.1) is 5.92 Å². The van der Waals surface area contributed by atoms with E-state index in [0.717, 1.165) is 38.5 Å². The fraction of sp³-hybridized carbons (Fsp3) is 0.769. The molecule has 17 heavy (non-hydrogen) atoms. The number of hydrogen-bond acceptors (Lipinski definition) is 3. The largest absolute Gasteiger partial charge is 0.381 e. The van der Waals surface area contributed by atoms with Gasteiger partial charge in [0, 0.05) is 31.0 Å². The summed E-state index contributed by atoms with van der Waals surface area (Å²) in [5, 5.41) is 3.41. The van der Waals surface area contributed by atoms with Gasteiger partial charge in [0.15, 0.2) is 0 Å². The molecule has 96 valence electrons. The van der Waals surface area contributed by atoms with E-state index < -0.39 is 0 Å². The summed E-state index contributed by atoms with van der Waals surface area (Å²) in [7, 11) is 0. The Labute approximate surface area is 103 Å². The van der Waals surface area contributed by atoms with Crippen molar-refractivity contribution in [2.24, 2.45) is 5.92 Å². The van der Waals surface area contributed by atoms with Crippen molar-refractivity contribution in [1.29, 1.82) is 0 Å². The van der Waals surface area contributed by atoms with E-state index in [1.54, 1.807) is 0 Å². The first-order chi connectivity index (χ1) is 8.25. The van der Waals surface area contributed by atoms with Gasteiger partial charge >= 0.3 is 0 Å². The van der Waals surface area contributed by atoms with Crippen molar-refractivity contribution in [2.45, 2.75) is 39.2 Å². The molecule has 1 aromatic heterocycles. The summed E-state index contributed by atoms with van der Waals surface area (Å²) in [6.07, 6.45) is 4.27. The van der Waals surface area contributed by atoms with Gasteiger partial charge in [-0.1, -0.05) is 13.8 Å². The van der Waals surface area contributed by atoms with Crippen LogP contribution in [0.25, 0.3) is 0 Å². The Kier molecular flexibility index (Phi) is 4.57. The van der Waals surface area contributed by atoms with Crippen LogP contribution in [0.3, 0.4) is 0 Å². The molecule has 0 spiro atoms. The number of aromatic nitrogens is 2. The third-order valence-corrected chi connectivity index (χ3v) is 3.06. The molecule has 4 nitrogen and oxygen atoms in total. The highest BCUT2D eigenvalue weighted by atomic mass is 16.5. The van der Waals surface area contributed by atoms with E-state index in [1.807, 2.05) is 6.20 Å². The minimum atomic E-state index is 0.461. The molecule has 1 aliphatic heterocycles. The van der Waals surface area contributed by atoms with Crippen LogP contribution in [0.5, 0.6) is 0 Å². The van der Waals surface area contributed by atoms with Crippen molar-refractivity contribution in [3.8, 4) is 0 Å². The molecule has 1 fully saturated rings. The molecule has 4 heteroatoms. The number of nitrogens with zero attached hydrogens (tertiary/aromatic N) is 1. The van der Waals surface area contributed by atoms with E-state index in [9.17, 15) is 0 Å². The normalized spacial score (nSPS) is 21.0. The second-order valence-corrected chi connectivity index (χ2v) is 5.23.